The molecule has 2 unspecified atom stereocenters. The van der Waals surface area contributed by atoms with Crippen LogP contribution in [0.1, 0.15) is 31.2 Å². The number of aromatic nitrogens is 3. The molecule has 0 bridgehead atoms. The summed E-state index contributed by atoms with van der Waals surface area (Å²) >= 11 is 0. The average Bonchev–Trinajstić information content (AvgIpc) is 3.07. The highest BCUT2D eigenvalue weighted by atomic mass is 35.5. The number of nitrogens with two attached hydrogens (primary N) is 1. The molecule has 0 saturated heterocycles. The lowest BCUT2D eigenvalue weighted by atomic mass is 9.85. The minimum atomic E-state index is 0. The van der Waals surface area contributed by atoms with Gasteiger partial charge in [-0.05, 0) is 43.0 Å². The third-order valence-corrected chi connectivity index (χ3v) is 4.10. The largest absolute Gasteiger partial charge is 0.352 e. The Morgan fingerprint density at radius 3 is 2.88 bits per heavy atom. The zero-order chi connectivity index (χ0) is 15.4. The number of halogens is 2. The number of hydrogen-bond donors (Lipinski definition) is 2. The predicted octanol–water partition coefficient (Wildman–Crippen LogP) is 2.24. The van der Waals surface area contributed by atoms with Crippen molar-refractivity contribution in [2.75, 3.05) is 0 Å². The number of pyridine rings is 1. The van der Waals surface area contributed by atoms with Crippen molar-refractivity contribution in [1.29, 1.82) is 0 Å². The Bertz CT molecular complexity index is 635. The SMILES string of the molecule is Cl.Cl.NC1CCCC(C(=O)NCc2ccnc(-n3cccn3)c2)C1. The highest BCUT2D eigenvalue weighted by molar-refractivity contribution is 5.85. The molecule has 0 radical (unpaired) electrons. The minimum Gasteiger partial charge on any atom is -0.352 e. The van der Waals surface area contributed by atoms with E-state index >= 15 is 0 Å². The van der Waals surface area contributed by atoms with E-state index in [4.69, 9.17) is 5.73 Å². The van der Waals surface area contributed by atoms with Crippen molar-refractivity contribution >= 4 is 30.7 Å². The van der Waals surface area contributed by atoms with Crippen molar-refractivity contribution in [3.05, 3.63) is 42.4 Å². The van der Waals surface area contributed by atoms with Crippen LogP contribution in [0.2, 0.25) is 0 Å². The zero-order valence-electron chi connectivity index (χ0n) is 13.3. The predicted molar refractivity (Wildman–Crippen MR) is 97.6 cm³/mol. The van der Waals surface area contributed by atoms with Gasteiger partial charge in [-0.1, -0.05) is 6.42 Å². The summed E-state index contributed by atoms with van der Waals surface area (Å²) in [5.41, 5.74) is 6.95. The van der Waals surface area contributed by atoms with Crippen LogP contribution in [0.25, 0.3) is 5.82 Å². The van der Waals surface area contributed by atoms with E-state index < -0.39 is 0 Å². The van der Waals surface area contributed by atoms with Gasteiger partial charge in [0.25, 0.3) is 0 Å². The Hall–Kier alpha value is -1.63. The molecule has 6 nitrogen and oxygen atoms in total. The summed E-state index contributed by atoms with van der Waals surface area (Å²) in [6.07, 6.45) is 9.08. The number of nitrogens with zero attached hydrogens (tertiary/aromatic N) is 3. The second-order valence-electron chi connectivity index (χ2n) is 5.81. The smallest absolute Gasteiger partial charge is 0.223 e. The Labute approximate surface area is 154 Å². The maximum Gasteiger partial charge on any atom is 0.223 e. The fourth-order valence-corrected chi connectivity index (χ4v) is 2.90. The first-order chi connectivity index (χ1) is 10.7. The monoisotopic (exact) mass is 371 g/mol. The molecule has 1 saturated carbocycles. The van der Waals surface area contributed by atoms with Gasteiger partial charge in [0.1, 0.15) is 0 Å². The van der Waals surface area contributed by atoms with Crippen LogP contribution in [-0.4, -0.2) is 26.7 Å². The number of carbonyl (C=O) groups excluding carboxylic acids is 1. The minimum absolute atomic E-state index is 0. The fraction of sp³-hybridized carbons (Fsp3) is 0.438. The third kappa shape index (κ3) is 5.19. The van der Waals surface area contributed by atoms with Crippen LogP contribution in [0.4, 0.5) is 0 Å². The molecule has 0 spiro atoms. The Morgan fingerprint density at radius 2 is 2.17 bits per heavy atom. The van der Waals surface area contributed by atoms with Crippen molar-refractivity contribution in [3.8, 4) is 5.82 Å². The molecular weight excluding hydrogens is 349 g/mol. The zero-order valence-corrected chi connectivity index (χ0v) is 14.9. The quantitative estimate of drug-likeness (QED) is 0.862. The van der Waals surface area contributed by atoms with Crippen LogP contribution in [0.3, 0.4) is 0 Å². The number of amides is 1. The van der Waals surface area contributed by atoms with Gasteiger partial charge in [-0.25, -0.2) is 9.67 Å². The van der Waals surface area contributed by atoms with E-state index in [0.717, 1.165) is 37.1 Å². The van der Waals surface area contributed by atoms with E-state index in [1.807, 2.05) is 24.4 Å². The summed E-state index contributed by atoms with van der Waals surface area (Å²) in [6.45, 7) is 0.501. The van der Waals surface area contributed by atoms with Crippen molar-refractivity contribution in [1.82, 2.24) is 20.1 Å². The Morgan fingerprint density at radius 1 is 1.33 bits per heavy atom. The van der Waals surface area contributed by atoms with Gasteiger partial charge in [-0.3, -0.25) is 4.79 Å². The topological polar surface area (TPSA) is 85.8 Å². The van der Waals surface area contributed by atoms with Crippen molar-refractivity contribution in [2.24, 2.45) is 11.7 Å². The van der Waals surface area contributed by atoms with E-state index in [-0.39, 0.29) is 42.7 Å². The molecule has 2 heterocycles. The molecule has 1 fully saturated rings. The van der Waals surface area contributed by atoms with Gasteiger partial charge >= 0.3 is 0 Å². The molecule has 0 aromatic carbocycles. The standard InChI is InChI=1S/C16H21N5O.2ClH/c17-14-4-1-3-13(10-14)16(22)19-11-12-5-7-18-15(9-12)21-8-2-6-20-21;;/h2,5-9,13-14H,1,3-4,10-11,17H2,(H,19,22);2*1H. The van der Waals surface area contributed by atoms with Crippen molar-refractivity contribution < 1.29 is 4.79 Å². The van der Waals surface area contributed by atoms with E-state index in [1.54, 1.807) is 17.1 Å². The van der Waals surface area contributed by atoms with Crippen LogP contribution in [0, 0.1) is 5.92 Å². The average molecular weight is 372 g/mol. The highest BCUT2D eigenvalue weighted by Gasteiger charge is 2.24. The van der Waals surface area contributed by atoms with Gasteiger partial charge in [0.05, 0.1) is 0 Å². The van der Waals surface area contributed by atoms with Gasteiger partial charge in [0.15, 0.2) is 5.82 Å². The van der Waals surface area contributed by atoms with Crippen molar-refractivity contribution in [2.45, 2.75) is 38.3 Å². The molecule has 8 heteroatoms. The summed E-state index contributed by atoms with van der Waals surface area (Å²) in [4.78, 5) is 16.5. The second-order valence-corrected chi connectivity index (χ2v) is 5.81. The summed E-state index contributed by atoms with van der Waals surface area (Å²) < 4.78 is 1.70. The summed E-state index contributed by atoms with van der Waals surface area (Å²) in [6, 6.07) is 5.85. The van der Waals surface area contributed by atoms with Gasteiger partial charge in [-0.2, -0.15) is 5.10 Å². The number of nitrogens with one attached hydrogen (secondary N) is 1. The lowest BCUT2D eigenvalue weighted by Gasteiger charge is -2.25. The van der Waals surface area contributed by atoms with Gasteiger partial charge < -0.3 is 11.1 Å². The molecule has 2 aromatic rings. The van der Waals surface area contributed by atoms with Gasteiger partial charge in [0, 0.05) is 37.1 Å². The molecule has 0 aliphatic heterocycles. The third-order valence-electron chi connectivity index (χ3n) is 4.10. The lowest BCUT2D eigenvalue weighted by molar-refractivity contribution is -0.126. The lowest BCUT2D eigenvalue weighted by Crippen LogP contribution is -2.37. The van der Waals surface area contributed by atoms with Crippen LogP contribution >= 0.6 is 24.8 Å². The molecule has 2 atom stereocenters. The summed E-state index contributed by atoms with van der Waals surface area (Å²) in [5.74, 6) is 0.903. The molecule has 1 amide bonds. The Kier molecular flexibility index (Phi) is 8.18. The molecule has 2 aromatic heterocycles. The van der Waals surface area contributed by atoms with E-state index in [1.165, 1.54) is 0 Å². The maximum atomic E-state index is 12.2. The first-order valence-electron chi connectivity index (χ1n) is 7.70. The highest BCUT2D eigenvalue weighted by Crippen LogP contribution is 2.23. The van der Waals surface area contributed by atoms with Crippen molar-refractivity contribution in [3.63, 3.8) is 0 Å². The van der Waals surface area contributed by atoms with E-state index in [9.17, 15) is 4.79 Å². The number of carbonyl (C=O) groups is 1. The van der Waals surface area contributed by atoms with Crippen LogP contribution in [-0.2, 0) is 11.3 Å². The molecule has 132 valence electrons. The normalized spacial score (nSPS) is 19.7. The van der Waals surface area contributed by atoms with E-state index in [0.29, 0.717) is 6.54 Å². The van der Waals surface area contributed by atoms with Crippen LogP contribution < -0.4 is 11.1 Å². The maximum absolute atomic E-state index is 12.2. The summed E-state index contributed by atoms with van der Waals surface area (Å²) in [5, 5.41) is 7.17. The first-order valence-corrected chi connectivity index (χ1v) is 7.70. The van der Waals surface area contributed by atoms with Crippen LogP contribution in [0.5, 0.6) is 0 Å². The molecule has 24 heavy (non-hydrogen) atoms. The molecule has 1 aliphatic carbocycles. The molecular formula is C16H23Cl2N5O. The molecule has 3 rings (SSSR count). The first kappa shape index (κ1) is 20.4. The molecule has 1 aliphatic rings. The Balaban J connectivity index is 0.00000144. The number of rotatable bonds is 4. The van der Waals surface area contributed by atoms with Crippen LogP contribution in [0.15, 0.2) is 36.8 Å². The summed E-state index contributed by atoms with van der Waals surface area (Å²) in [7, 11) is 0. The number of hydrogen-bond acceptors (Lipinski definition) is 4. The van der Waals surface area contributed by atoms with E-state index in [2.05, 4.69) is 15.4 Å². The van der Waals surface area contributed by atoms with Gasteiger partial charge in [-0.15, -0.1) is 24.8 Å². The second kappa shape index (κ2) is 9.61. The fourth-order valence-electron chi connectivity index (χ4n) is 2.90. The molecule has 3 N–H and O–H groups in total. The van der Waals surface area contributed by atoms with Gasteiger partial charge in [0.2, 0.25) is 5.91 Å².